The van der Waals surface area contributed by atoms with E-state index in [9.17, 15) is 21.6 Å². The number of hydrogen-bond donors (Lipinski definition) is 1. The summed E-state index contributed by atoms with van der Waals surface area (Å²) in [4.78, 5) is 2.09. The molecule has 1 fully saturated rings. The lowest BCUT2D eigenvalue weighted by Gasteiger charge is -2.30. The second-order valence-corrected chi connectivity index (χ2v) is 10.5. The maximum atomic E-state index is 13.6. The topological polar surface area (TPSA) is 88.1 Å². The number of piperidine rings is 1. The first-order chi connectivity index (χ1) is 18.2. The van der Waals surface area contributed by atoms with Gasteiger partial charge in [0.15, 0.2) is 0 Å². The number of hydrazone groups is 1. The quantitative estimate of drug-likeness (QED) is 0.243. The van der Waals surface area contributed by atoms with E-state index < -0.39 is 15.8 Å². The van der Waals surface area contributed by atoms with Crippen molar-refractivity contribution in [2.24, 2.45) is 15.3 Å². The van der Waals surface area contributed by atoms with Gasteiger partial charge >= 0.3 is 0 Å². The molecule has 0 atom stereocenters. The Morgan fingerprint density at radius 3 is 1.76 bits per heavy atom. The molecule has 0 aromatic heterocycles. The Labute approximate surface area is 220 Å². The molecule has 0 bridgehead atoms. The van der Waals surface area contributed by atoms with E-state index in [1.807, 2.05) is 0 Å². The normalized spacial score (nSPS) is 15.2. The number of likely N-dealkylation sites (tertiary alicyclic amines) is 1. The Morgan fingerprint density at radius 1 is 0.816 bits per heavy atom. The van der Waals surface area contributed by atoms with Crippen LogP contribution in [0.15, 0.2) is 92.8 Å². The summed E-state index contributed by atoms with van der Waals surface area (Å²) in [5.41, 5.74) is 4.23. The van der Waals surface area contributed by atoms with Crippen molar-refractivity contribution in [3.05, 3.63) is 107 Å². The van der Waals surface area contributed by atoms with Gasteiger partial charge in [-0.2, -0.15) is 17.9 Å². The number of sulfonamides is 1. The van der Waals surface area contributed by atoms with E-state index in [0.29, 0.717) is 18.7 Å². The van der Waals surface area contributed by atoms with Gasteiger partial charge in [-0.05, 0) is 78.1 Å². The van der Waals surface area contributed by atoms with Gasteiger partial charge in [-0.1, -0.05) is 29.8 Å². The molecule has 4 rings (SSSR count). The summed E-state index contributed by atoms with van der Waals surface area (Å²) in [6, 6.07) is 17.0. The smallest absolute Gasteiger partial charge is 0.282 e. The van der Waals surface area contributed by atoms with Gasteiger partial charge in [0.05, 0.1) is 16.8 Å². The molecule has 0 unspecified atom stereocenters. The average molecular weight is 541 g/mol. The van der Waals surface area contributed by atoms with Crippen molar-refractivity contribution < 1.29 is 21.6 Å². The maximum Gasteiger partial charge on any atom is 0.282 e. The largest absolute Gasteiger partial charge is 0.323 e. The molecule has 0 spiro atoms. The fraction of sp³-hybridized carbons (Fsp3) is 0.214. The summed E-state index contributed by atoms with van der Waals surface area (Å²) < 4.78 is 68.6. The molecule has 198 valence electrons. The Hall–Kier alpha value is -3.76. The first kappa shape index (κ1) is 27.3. The molecule has 0 amide bonds. The van der Waals surface area contributed by atoms with Crippen LogP contribution in [0.3, 0.4) is 0 Å². The van der Waals surface area contributed by atoms with Gasteiger partial charge in [0.25, 0.3) is 10.0 Å². The van der Waals surface area contributed by atoms with Gasteiger partial charge in [-0.15, -0.1) is 0 Å². The monoisotopic (exact) mass is 540 g/mol. The SMILES string of the molecule is N/N=C(\C=N\S(=O)(=O)c1ccc(F)cc1)CCN1CCC(=C(c2ccc(F)cc2)c2ccc(F)cc2)CC1. The maximum absolute atomic E-state index is 13.6. The van der Waals surface area contributed by atoms with E-state index in [1.165, 1.54) is 29.8 Å². The number of halogens is 3. The lowest BCUT2D eigenvalue weighted by atomic mass is 9.88. The second-order valence-electron chi connectivity index (χ2n) is 8.87. The zero-order valence-electron chi connectivity index (χ0n) is 20.5. The standard InChI is InChI=1S/C28H27F3N4O2S/c29-23-5-1-20(2-6-23)28(21-3-7-24(30)8-4-21)22-13-16-35(17-14-22)18-15-26(34-32)19-33-38(36,37)27-11-9-25(31)10-12-27/h1-12,19H,13-18,32H2/b33-19+,34-26-. The van der Waals surface area contributed by atoms with Crippen molar-refractivity contribution in [2.45, 2.75) is 24.2 Å². The molecular formula is C28H27F3N4O2S. The Morgan fingerprint density at radius 2 is 1.29 bits per heavy atom. The van der Waals surface area contributed by atoms with Crippen molar-refractivity contribution in [2.75, 3.05) is 19.6 Å². The highest BCUT2D eigenvalue weighted by molar-refractivity contribution is 7.90. The van der Waals surface area contributed by atoms with E-state index in [1.54, 1.807) is 24.3 Å². The first-order valence-electron chi connectivity index (χ1n) is 12.0. The molecule has 2 N–H and O–H groups in total. The van der Waals surface area contributed by atoms with Crippen molar-refractivity contribution in [3.63, 3.8) is 0 Å². The number of nitrogens with zero attached hydrogens (tertiary/aromatic N) is 3. The lowest BCUT2D eigenvalue weighted by Crippen LogP contribution is -2.33. The number of nitrogens with two attached hydrogens (primary N) is 1. The van der Waals surface area contributed by atoms with Crippen LogP contribution in [0.5, 0.6) is 0 Å². The lowest BCUT2D eigenvalue weighted by molar-refractivity contribution is 0.264. The molecule has 1 heterocycles. The predicted molar refractivity (Wildman–Crippen MR) is 143 cm³/mol. The molecule has 1 aliphatic heterocycles. The highest BCUT2D eigenvalue weighted by Gasteiger charge is 2.20. The van der Waals surface area contributed by atoms with E-state index in [0.717, 1.165) is 73.1 Å². The minimum absolute atomic E-state index is 0.125. The van der Waals surface area contributed by atoms with Crippen LogP contribution in [0.1, 0.15) is 30.4 Å². The third kappa shape index (κ3) is 6.96. The molecule has 0 saturated carbocycles. The van der Waals surface area contributed by atoms with Crippen LogP contribution in [-0.2, 0) is 10.0 Å². The van der Waals surface area contributed by atoms with Crippen LogP contribution >= 0.6 is 0 Å². The van der Waals surface area contributed by atoms with Crippen LogP contribution in [0.4, 0.5) is 13.2 Å². The summed E-state index contributed by atoms with van der Waals surface area (Å²) in [5.74, 6) is 4.28. The molecule has 6 nitrogen and oxygen atoms in total. The molecule has 1 aliphatic rings. The van der Waals surface area contributed by atoms with Crippen molar-refractivity contribution in [1.29, 1.82) is 0 Å². The van der Waals surface area contributed by atoms with E-state index in [4.69, 9.17) is 5.84 Å². The van der Waals surface area contributed by atoms with Crippen molar-refractivity contribution >= 4 is 27.5 Å². The van der Waals surface area contributed by atoms with E-state index >= 15 is 0 Å². The summed E-state index contributed by atoms with van der Waals surface area (Å²) in [6.45, 7) is 2.07. The molecule has 0 radical (unpaired) electrons. The zero-order valence-corrected chi connectivity index (χ0v) is 21.3. The highest BCUT2D eigenvalue weighted by Crippen LogP contribution is 2.32. The van der Waals surface area contributed by atoms with Crippen LogP contribution < -0.4 is 5.84 Å². The molecule has 3 aromatic rings. The van der Waals surface area contributed by atoms with Gasteiger partial charge in [0, 0.05) is 26.1 Å². The summed E-state index contributed by atoms with van der Waals surface area (Å²) in [5, 5.41) is 3.67. The van der Waals surface area contributed by atoms with Gasteiger partial charge in [0.2, 0.25) is 0 Å². The van der Waals surface area contributed by atoms with Gasteiger partial charge < -0.3 is 10.7 Å². The third-order valence-corrected chi connectivity index (χ3v) is 7.63. The van der Waals surface area contributed by atoms with Crippen molar-refractivity contribution in [3.8, 4) is 0 Å². The van der Waals surface area contributed by atoms with E-state index in [2.05, 4.69) is 14.4 Å². The van der Waals surface area contributed by atoms with Crippen LogP contribution in [-0.4, -0.2) is 44.9 Å². The molecule has 0 aliphatic carbocycles. The molecule has 38 heavy (non-hydrogen) atoms. The Bertz CT molecular complexity index is 1390. The minimum atomic E-state index is -4.00. The average Bonchev–Trinajstić information content (AvgIpc) is 2.92. The van der Waals surface area contributed by atoms with Gasteiger partial charge in [-0.25, -0.2) is 13.2 Å². The summed E-state index contributed by atoms with van der Waals surface area (Å²) in [7, 11) is -4.00. The van der Waals surface area contributed by atoms with Crippen molar-refractivity contribution in [1.82, 2.24) is 4.90 Å². The predicted octanol–water partition coefficient (Wildman–Crippen LogP) is 5.17. The summed E-state index contributed by atoms with van der Waals surface area (Å²) in [6.07, 6.45) is 3.02. The zero-order chi connectivity index (χ0) is 27.1. The number of rotatable bonds is 8. The van der Waals surface area contributed by atoms with Crippen LogP contribution in [0.2, 0.25) is 0 Å². The van der Waals surface area contributed by atoms with Crippen LogP contribution in [0, 0.1) is 17.5 Å². The molecule has 3 aromatic carbocycles. The van der Waals surface area contributed by atoms with E-state index in [-0.39, 0.29) is 16.5 Å². The van der Waals surface area contributed by atoms with Gasteiger partial charge in [-0.3, -0.25) is 0 Å². The van der Waals surface area contributed by atoms with Gasteiger partial charge in [0.1, 0.15) is 17.5 Å². The molecular weight excluding hydrogens is 513 g/mol. The molecule has 1 saturated heterocycles. The fourth-order valence-electron chi connectivity index (χ4n) is 4.34. The Balaban J connectivity index is 1.42. The minimum Gasteiger partial charge on any atom is -0.323 e. The Kier molecular flexibility index (Phi) is 8.75. The summed E-state index contributed by atoms with van der Waals surface area (Å²) >= 11 is 0. The number of benzene rings is 3. The molecule has 10 heteroatoms. The number of hydrogen-bond acceptors (Lipinski definition) is 5. The third-order valence-electron chi connectivity index (χ3n) is 6.38. The van der Waals surface area contributed by atoms with Crippen LogP contribution in [0.25, 0.3) is 5.57 Å². The highest BCUT2D eigenvalue weighted by atomic mass is 32.2. The second kappa shape index (κ2) is 12.2. The fourth-order valence-corrected chi connectivity index (χ4v) is 5.20. The first-order valence-corrected chi connectivity index (χ1v) is 13.5.